The van der Waals surface area contributed by atoms with E-state index >= 15 is 0 Å². The van der Waals surface area contributed by atoms with Crippen LogP contribution >= 0.6 is 0 Å². The average molecular weight is 286 g/mol. The van der Waals surface area contributed by atoms with Crippen LogP contribution in [0.25, 0.3) is 0 Å². The zero-order chi connectivity index (χ0) is 15.2. The second kappa shape index (κ2) is 7.84. The number of hydrogen-bond donors (Lipinski definition) is 1. The van der Waals surface area contributed by atoms with Crippen molar-refractivity contribution in [3.05, 3.63) is 0 Å². The van der Waals surface area contributed by atoms with Crippen LogP contribution in [0.5, 0.6) is 0 Å². The minimum Gasteiger partial charge on any atom is -0.444 e. The topological polar surface area (TPSA) is 50.8 Å². The van der Waals surface area contributed by atoms with Gasteiger partial charge in [-0.1, -0.05) is 0 Å². The van der Waals surface area contributed by atoms with Crippen LogP contribution in [-0.4, -0.2) is 55.5 Å². The number of ether oxygens (including phenoxy) is 2. The van der Waals surface area contributed by atoms with Crippen LogP contribution in [0.4, 0.5) is 4.79 Å². The predicted molar refractivity (Wildman–Crippen MR) is 79.9 cm³/mol. The normalized spacial score (nSPS) is 22.9. The first-order valence-electron chi connectivity index (χ1n) is 7.58. The lowest BCUT2D eigenvalue weighted by atomic mass is 10.2. The molecule has 1 N–H and O–H groups in total. The fourth-order valence-electron chi connectivity index (χ4n) is 2.17. The Kier molecular flexibility index (Phi) is 6.76. The maximum Gasteiger partial charge on any atom is 0.410 e. The highest BCUT2D eigenvalue weighted by molar-refractivity contribution is 5.67. The summed E-state index contributed by atoms with van der Waals surface area (Å²) in [7, 11) is 1.77. The first kappa shape index (κ1) is 17.2. The van der Waals surface area contributed by atoms with Crippen LogP contribution in [0.15, 0.2) is 0 Å². The molecule has 0 aromatic heterocycles. The third kappa shape index (κ3) is 7.10. The molecule has 1 aliphatic heterocycles. The van der Waals surface area contributed by atoms with Gasteiger partial charge in [0.15, 0.2) is 0 Å². The quantitative estimate of drug-likeness (QED) is 0.762. The fraction of sp³-hybridized carbons (Fsp3) is 0.933. The van der Waals surface area contributed by atoms with Crippen molar-refractivity contribution in [1.29, 1.82) is 0 Å². The molecule has 0 aromatic carbocycles. The van der Waals surface area contributed by atoms with Gasteiger partial charge < -0.3 is 19.7 Å². The average Bonchev–Trinajstić information content (AvgIpc) is 2.72. The third-order valence-corrected chi connectivity index (χ3v) is 3.24. The van der Waals surface area contributed by atoms with Gasteiger partial charge in [-0.15, -0.1) is 0 Å². The molecule has 2 unspecified atom stereocenters. The number of carbonyl (C=O) groups is 1. The zero-order valence-corrected chi connectivity index (χ0v) is 13.6. The highest BCUT2D eigenvalue weighted by Gasteiger charge is 2.21. The molecule has 1 rings (SSSR count). The number of nitrogens with zero attached hydrogens (tertiary/aromatic N) is 1. The van der Waals surface area contributed by atoms with Gasteiger partial charge in [0.25, 0.3) is 0 Å². The van der Waals surface area contributed by atoms with Crippen molar-refractivity contribution in [2.45, 2.75) is 64.8 Å². The van der Waals surface area contributed by atoms with Crippen molar-refractivity contribution >= 4 is 6.09 Å². The Hall–Kier alpha value is -0.810. The van der Waals surface area contributed by atoms with E-state index in [9.17, 15) is 4.79 Å². The summed E-state index contributed by atoms with van der Waals surface area (Å²) in [5.74, 6) is 0. The molecule has 2 atom stereocenters. The van der Waals surface area contributed by atoms with E-state index in [2.05, 4.69) is 12.2 Å². The lowest BCUT2D eigenvalue weighted by Crippen LogP contribution is -2.36. The van der Waals surface area contributed by atoms with Gasteiger partial charge in [0, 0.05) is 20.1 Å². The Bertz CT molecular complexity index is 302. The van der Waals surface area contributed by atoms with Crippen molar-refractivity contribution < 1.29 is 14.3 Å². The fourth-order valence-corrected chi connectivity index (χ4v) is 2.17. The molecule has 1 fully saturated rings. The van der Waals surface area contributed by atoms with E-state index < -0.39 is 5.60 Å². The monoisotopic (exact) mass is 286 g/mol. The highest BCUT2D eigenvalue weighted by atomic mass is 16.6. The SMILES string of the molecule is CC1CCC(CNCCCN(C)C(=O)OC(C)(C)C)O1. The lowest BCUT2D eigenvalue weighted by molar-refractivity contribution is 0.0295. The summed E-state index contributed by atoms with van der Waals surface area (Å²) in [4.78, 5) is 13.4. The van der Waals surface area contributed by atoms with Crippen molar-refractivity contribution in [1.82, 2.24) is 10.2 Å². The molecule has 0 bridgehead atoms. The molecule has 0 saturated carbocycles. The number of carbonyl (C=O) groups excluding carboxylic acids is 1. The molecule has 20 heavy (non-hydrogen) atoms. The zero-order valence-electron chi connectivity index (χ0n) is 13.6. The second-order valence-electron chi connectivity index (χ2n) is 6.61. The molecule has 0 aromatic rings. The van der Waals surface area contributed by atoms with E-state index in [0.29, 0.717) is 18.8 Å². The van der Waals surface area contributed by atoms with Gasteiger partial charge in [0.2, 0.25) is 0 Å². The van der Waals surface area contributed by atoms with Crippen LogP contribution < -0.4 is 5.32 Å². The number of rotatable bonds is 6. The molecule has 118 valence electrons. The maximum absolute atomic E-state index is 11.7. The number of hydrogen-bond acceptors (Lipinski definition) is 4. The predicted octanol–water partition coefficient (Wildman–Crippen LogP) is 2.40. The maximum atomic E-state index is 11.7. The van der Waals surface area contributed by atoms with E-state index in [1.807, 2.05) is 20.8 Å². The molecular weight excluding hydrogens is 256 g/mol. The van der Waals surface area contributed by atoms with Crippen molar-refractivity contribution in [2.75, 3.05) is 26.7 Å². The van der Waals surface area contributed by atoms with Crippen LogP contribution in [0, 0.1) is 0 Å². The Morgan fingerprint density at radius 3 is 2.65 bits per heavy atom. The number of nitrogens with one attached hydrogen (secondary N) is 1. The first-order chi connectivity index (χ1) is 9.28. The summed E-state index contributed by atoms with van der Waals surface area (Å²) in [6.45, 7) is 10.2. The van der Waals surface area contributed by atoms with Gasteiger partial charge in [-0.3, -0.25) is 0 Å². The molecule has 0 aliphatic carbocycles. The Labute approximate surface area is 123 Å². The number of amides is 1. The standard InChI is InChI=1S/C15H30N2O3/c1-12-7-8-13(19-12)11-16-9-6-10-17(5)14(18)20-15(2,3)4/h12-13,16H,6-11H2,1-5H3. The molecule has 1 aliphatic rings. The van der Waals surface area contributed by atoms with Crippen molar-refractivity contribution in [3.63, 3.8) is 0 Å². The van der Waals surface area contributed by atoms with Gasteiger partial charge in [-0.2, -0.15) is 0 Å². The molecular formula is C15H30N2O3. The van der Waals surface area contributed by atoms with E-state index in [4.69, 9.17) is 9.47 Å². The Morgan fingerprint density at radius 1 is 1.40 bits per heavy atom. The van der Waals surface area contributed by atoms with Gasteiger partial charge in [0.05, 0.1) is 12.2 Å². The van der Waals surface area contributed by atoms with Crippen molar-refractivity contribution in [2.24, 2.45) is 0 Å². The highest BCUT2D eigenvalue weighted by Crippen LogP contribution is 2.18. The van der Waals surface area contributed by atoms with Crippen molar-refractivity contribution in [3.8, 4) is 0 Å². The van der Waals surface area contributed by atoms with Crippen LogP contribution in [0.3, 0.4) is 0 Å². The summed E-state index contributed by atoms with van der Waals surface area (Å²) in [6, 6.07) is 0. The Morgan fingerprint density at radius 2 is 2.10 bits per heavy atom. The second-order valence-corrected chi connectivity index (χ2v) is 6.61. The van der Waals surface area contributed by atoms with E-state index in [-0.39, 0.29) is 6.09 Å². The van der Waals surface area contributed by atoms with Gasteiger partial charge in [-0.25, -0.2) is 4.79 Å². The molecule has 0 radical (unpaired) electrons. The van der Waals surface area contributed by atoms with Gasteiger partial charge >= 0.3 is 6.09 Å². The molecule has 1 saturated heterocycles. The molecule has 1 amide bonds. The third-order valence-electron chi connectivity index (χ3n) is 3.24. The summed E-state index contributed by atoms with van der Waals surface area (Å²) in [6.07, 6.45) is 3.72. The van der Waals surface area contributed by atoms with Crippen LogP contribution in [0.1, 0.15) is 47.0 Å². The van der Waals surface area contributed by atoms with E-state index in [0.717, 1.165) is 32.4 Å². The van der Waals surface area contributed by atoms with E-state index in [1.165, 1.54) is 0 Å². The smallest absolute Gasteiger partial charge is 0.410 e. The largest absolute Gasteiger partial charge is 0.444 e. The molecule has 5 heteroatoms. The van der Waals surface area contributed by atoms with Crippen LogP contribution in [0.2, 0.25) is 0 Å². The van der Waals surface area contributed by atoms with Gasteiger partial charge in [0.1, 0.15) is 5.60 Å². The summed E-state index contributed by atoms with van der Waals surface area (Å²) in [5.41, 5.74) is -0.430. The van der Waals surface area contributed by atoms with Crippen LogP contribution in [-0.2, 0) is 9.47 Å². The Balaban J connectivity index is 2.04. The summed E-state index contributed by atoms with van der Waals surface area (Å²) >= 11 is 0. The lowest BCUT2D eigenvalue weighted by Gasteiger charge is -2.24. The minimum absolute atomic E-state index is 0.259. The minimum atomic E-state index is -0.430. The van der Waals surface area contributed by atoms with Gasteiger partial charge in [-0.05, 0) is 53.5 Å². The molecule has 0 spiro atoms. The molecule has 5 nitrogen and oxygen atoms in total. The van der Waals surface area contributed by atoms with E-state index in [1.54, 1.807) is 11.9 Å². The first-order valence-corrected chi connectivity index (χ1v) is 7.58. The summed E-state index contributed by atoms with van der Waals surface area (Å²) < 4.78 is 11.0. The molecule has 1 heterocycles. The summed E-state index contributed by atoms with van der Waals surface area (Å²) in [5, 5.41) is 3.39.